The van der Waals surface area contributed by atoms with E-state index in [4.69, 9.17) is 5.10 Å². The third-order valence-electron chi connectivity index (χ3n) is 7.90. The maximum atomic E-state index is 12.5. The van der Waals surface area contributed by atoms with E-state index in [0.29, 0.717) is 19.6 Å². The van der Waals surface area contributed by atoms with Crippen LogP contribution in [0, 0.1) is 0 Å². The fraction of sp³-hybridized carbons (Fsp3) is 0.324. The second-order valence-corrected chi connectivity index (χ2v) is 10.5. The van der Waals surface area contributed by atoms with Crippen LogP contribution in [0.2, 0.25) is 0 Å². The quantitative estimate of drug-likeness (QED) is 0.157. The summed E-state index contributed by atoms with van der Waals surface area (Å²) < 4.78 is 1.95. The van der Waals surface area contributed by atoms with Crippen LogP contribution in [0.3, 0.4) is 0 Å². The molecule has 5 rings (SSSR count). The number of nitrogens with zero attached hydrogens (tertiary/aromatic N) is 5. The summed E-state index contributed by atoms with van der Waals surface area (Å²) in [6, 6.07) is 20.5. The van der Waals surface area contributed by atoms with E-state index in [1.54, 1.807) is 4.90 Å². The van der Waals surface area contributed by atoms with Crippen molar-refractivity contribution in [3.63, 3.8) is 0 Å². The number of aromatic amines is 1. The van der Waals surface area contributed by atoms with Crippen molar-refractivity contribution in [2.75, 3.05) is 38.1 Å². The van der Waals surface area contributed by atoms with E-state index in [2.05, 4.69) is 70.6 Å². The van der Waals surface area contributed by atoms with Gasteiger partial charge in [0.1, 0.15) is 11.3 Å². The molecule has 2 amide bonds. The first kappa shape index (κ1) is 30.0. The number of likely N-dealkylation sites (N-methyl/N-ethyl adjacent to an activating group) is 1. The van der Waals surface area contributed by atoms with E-state index >= 15 is 0 Å². The number of carbonyl (C=O) groups excluding carboxylic acids is 1. The molecule has 0 spiro atoms. The summed E-state index contributed by atoms with van der Waals surface area (Å²) in [7, 11) is 0. The zero-order valence-corrected chi connectivity index (χ0v) is 25.5. The Morgan fingerprint density at radius 1 is 0.930 bits per heavy atom. The molecule has 0 aliphatic heterocycles. The number of hydrogen-bond acceptors (Lipinski definition) is 5. The molecule has 0 radical (unpaired) electrons. The number of amides is 2. The number of fused-ring (bicyclic) bond motifs is 1. The zero-order valence-electron chi connectivity index (χ0n) is 25.5. The van der Waals surface area contributed by atoms with E-state index in [-0.39, 0.29) is 12.6 Å². The fourth-order valence-corrected chi connectivity index (χ4v) is 5.37. The van der Waals surface area contributed by atoms with Gasteiger partial charge in [-0.05, 0) is 68.3 Å². The Morgan fingerprint density at radius 2 is 1.65 bits per heavy atom. The summed E-state index contributed by atoms with van der Waals surface area (Å²) in [6.07, 6.45) is 3.92. The Kier molecular flexibility index (Phi) is 9.54. The summed E-state index contributed by atoms with van der Waals surface area (Å²) in [5.41, 5.74) is 8.81. The van der Waals surface area contributed by atoms with Crippen LogP contribution in [0.25, 0.3) is 44.7 Å². The monoisotopic (exact) mass is 579 g/mol. The molecule has 9 heteroatoms. The number of aryl methyl sites for hydroxylation is 1. The summed E-state index contributed by atoms with van der Waals surface area (Å²) in [6.45, 7) is 12.7. The van der Waals surface area contributed by atoms with Gasteiger partial charge in [0.15, 0.2) is 0 Å². The van der Waals surface area contributed by atoms with Gasteiger partial charge in [0.05, 0.1) is 6.61 Å². The zero-order chi connectivity index (χ0) is 30.3. The van der Waals surface area contributed by atoms with Gasteiger partial charge < -0.3 is 20.3 Å². The van der Waals surface area contributed by atoms with Gasteiger partial charge in [-0.2, -0.15) is 5.10 Å². The number of hydrogen-bond donors (Lipinski definition) is 3. The smallest absolute Gasteiger partial charge is 0.321 e. The van der Waals surface area contributed by atoms with Crippen molar-refractivity contribution in [2.45, 2.75) is 40.8 Å². The normalized spacial score (nSPS) is 11.4. The fourth-order valence-electron chi connectivity index (χ4n) is 5.37. The number of benzene rings is 2. The van der Waals surface area contributed by atoms with Gasteiger partial charge in [-0.25, -0.2) is 9.78 Å². The van der Waals surface area contributed by atoms with Crippen LogP contribution in [-0.4, -0.2) is 73.5 Å². The minimum absolute atomic E-state index is 0.101. The van der Waals surface area contributed by atoms with Crippen molar-refractivity contribution in [2.24, 2.45) is 0 Å². The molecule has 0 fully saturated rings. The highest BCUT2D eigenvalue weighted by Gasteiger charge is 2.18. The van der Waals surface area contributed by atoms with E-state index < -0.39 is 0 Å². The molecule has 3 aromatic heterocycles. The summed E-state index contributed by atoms with van der Waals surface area (Å²) in [5, 5.41) is 18.2. The Labute approximate surface area is 253 Å². The van der Waals surface area contributed by atoms with Gasteiger partial charge in [0, 0.05) is 73.0 Å². The lowest BCUT2D eigenvalue weighted by molar-refractivity contribution is 0.197. The van der Waals surface area contributed by atoms with Crippen molar-refractivity contribution in [1.29, 1.82) is 0 Å². The van der Waals surface area contributed by atoms with Crippen LogP contribution < -0.4 is 5.32 Å². The molecule has 0 aliphatic carbocycles. The molecule has 0 aliphatic rings. The van der Waals surface area contributed by atoms with Gasteiger partial charge in [0.25, 0.3) is 0 Å². The lowest BCUT2D eigenvalue weighted by atomic mass is 10.00. The molecule has 9 nitrogen and oxygen atoms in total. The maximum Gasteiger partial charge on any atom is 0.321 e. The maximum absolute atomic E-state index is 12.5. The topological polar surface area (TPSA) is 102 Å². The SMILES string of the molecule is CCN(CCO)Cc1ccc(-c2cc3c(-c4cn(CC)nc4-c4ccc(NC(=O)N(CC)CC)cc4)ccnc3[nH]2)cc1. The van der Waals surface area contributed by atoms with E-state index in [9.17, 15) is 9.90 Å². The summed E-state index contributed by atoms with van der Waals surface area (Å²) >= 11 is 0. The molecule has 0 bridgehead atoms. The number of H-pyrrole nitrogens is 1. The van der Waals surface area contributed by atoms with Gasteiger partial charge in [-0.15, -0.1) is 0 Å². The molecule has 5 aromatic rings. The molecule has 224 valence electrons. The Bertz CT molecular complexity index is 1650. The number of pyridine rings is 1. The molecule has 0 unspecified atom stereocenters. The minimum atomic E-state index is -0.101. The highest BCUT2D eigenvalue weighted by atomic mass is 16.3. The van der Waals surface area contributed by atoms with Crippen molar-refractivity contribution in [3.8, 4) is 33.6 Å². The highest BCUT2D eigenvalue weighted by Crippen LogP contribution is 2.37. The first-order valence-corrected chi connectivity index (χ1v) is 15.1. The predicted molar refractivity (Wildman–Crippen MR) is 174 cm³/mol. The number of rotatable bonds is 12. The molecule has 0 saturated carbocycles. The predicted octanol–water partition coefficient (Wildman–Crippen LogP) is 6.47. The molecular weight excluding hydrogens is 538 g/mol. The van der Waals surface area contributed by atoms with Crippen molar-refractivity contribution >= 4 is 22.8 Å². The van der Waals surface area contributed by atoms with Crippen molar-refractivity contribution in [1.82, 2.24) is 29.5 Å². The number of anilines is 1. The van der Waals surface area contributed by atoms with Crippen LogP contribution in [0.15, 0.2) is 73.1 Å². The summed E-state index contributed by atoms with van der Waals surface area (Å²) in [4.78, 5) is 24.6. The third kappa shape index (κ3) is 6.63. The van der Waals surface area contributed by atoms with Crippen LogP contribution in [-0.2, 0) is 13.1 Å². The number of aliphatic hydroxyl groups excluding tert-OH is 1. The summed E-state index contributed by atoms with van der Waals surface area (Å²) in [5.74, 6) is 0. The van der Waals surface area contributed by atoms with Crippen LogP contribution in [0.4, 0.5) is 10.5 Å². The molecule has 2 aromatic carbocycles. The number of aliphatic hydroxyl groups is 1. The molecular formula is C34H41N7O2. The third-order valence-corrected chi connectivity index (χ3v) is 7.90. The van der Waals surface area contributed by atoms with Gasteiger partial charge >= 0.3 is 6.03 Å². The second kappa shape index (κ2) is 13.7. The average Bonchev–Trinajstić information content (AvgIpc) is 3.67. The second-order valence-electron chi connectivity index (χ2n) is 10.5. The number of nitrogens with one attached hydrogen (secondary N) is 2. The largest absolute Gasteiger partial charge is 0.395 e. The molecule has 0 atom stereocenters. The minimum Gasteiger partial charge on any atom is -0.395 e. The number of urea groups is 1. The van der Waals surface area contributed by atoms with Gasteiger partial charge in [-0.1, -0.05) is 43.3 Å². The number of aromatic nitrogens is 4. The average molecular weight is 580 g/mol. The first-order valence-electron chi connectivity index (χ1n) is 15.1. The van der Waals surface area contributed by atoms with E-state index in [1.165, 1.54) is 5.56 Å². The molecule has 43 heavy (non-hydrogen) atoms. The Morgan fingerprint density at radius 3 is 2.30 bits per heavy atom. The Balaban J connectivity index is 1.45. The lowest BCUT2D eigenvalue weighted by Crippen LogP contribution is -2.34. The standard InChI is InChI=1S/C34H41N7O2/c1-5-39(19-20-42)22-24-9-11-25(12-10-24)31-21-29-28(17-18-35-33(29)37-31)30-23-41(8-4)38-32(30)26-13-15-27(16-14-26)36-34(43)40(6-2)7-3/h9-18,21,23,42H,5-8,19-20,22H2,1-4H3,(H,35,37)(H,36,43). The molecule has 3 heterocycles. The van der Waals surface area contributed by atoms with Crippen LogP contribution in [0.1, 0.15) is 33.3 Å². The first-order chi connectivity index (χ1) is 21.0. The van der Waals surface area contributed by atoms with Gasteiger partial charge in [0.2, 0.25) is 0 Å². The highest BCUT2D eigenvalue weighted by molar-refractivity contribution is 5.99. The van der Waals surface area contributed by atoms with Crippen LogP contribution in [0.5, 0.6) is 0 Å². The lowest BCUT2D eigenvalue weighted by Gasteiger charge is -2.19. The van der Waals surface area contributed by atoms with E-state index in [0.717, 1.165) is 70.0 Å². The van der Waals surface area contributed by atoms with Crippen molar-refractivity contribution in [3.05, 3.63) is 78.6 Å². The Hall–Kier alpha value is -4.47. The van der Waals surface area contributed by atoms with Crippen LogP contribution >= 0.6 is 0 Å². The molecule has 0 saturated heterocycles. The van der Waals surface area contributed by atoms with E-state index in [1.807, 2.05) is 55.1 Å². The molecule has 3 N–H and O–H groups in total. The number of carbonyl (C=O) groups is 1. The van der Waals surface area contributed by atoms with Crippen molar-refractivity contribution < 1.29 is 9.90 Å². The van der Waals surface area contributed by atoms with Gasteiger partial charge in [-0.3, -0.25) is 9.58 Å².